The van der Waals surface area contributed by atoms with Crippen LogP contribution in [0.4, 0.5) is 0 Å². The van der Waals surface area contributed by atoms with Crippen LogP contribution in [0, 0.1) is 0 Å². The summed E-state index contributed by atoms with van der Waals surface area (Å²) in [5, 5.41) is 0. The Hall–Kier alpha value is -1.47. The molecule has 0 aliphatic carbocycles. The molecule has 0 bridgehead atoms. The molecule has 2 fully saturated rings. The van der Waals surface area contributed by atoms with Crippen LogP contribution in [0.5, 0.6) is 0 Å². The van der Waals surface area contributed by atoms with Crippen molar-refractivity contribution in [2.24, 2.45) is 0 Å². The lowest BCUT2D eigenvalue weighted by Crippen LogP contribution is -2.53. The molecule has 1 aromatic carbocycles. The first-order valence-corrected chi connectivity index (χ1v) is 7.74. The summed E-state index contributed by atoms with van der Waals surface area (Å²) >= 11 is 0. The topological polar surface area (TPSA) is 63.2 Å². The monoisotopic (exact) mass is 322 g/mol. The lowest BCUT2D eigenvalue weighted by Gasteiger charge is -2.36. The van der Waals surface area contributed by atoms with E-state index in [4.69, 9.17) is 23.7 Å². The largest absolute Gasteiger partial charge is 0.457 e. The van der Waals surface area contributed by atoms with Crippen LogP contribution in [0.25, 0.3) is 0 Å². The molecule has 4 atom stereocenters. The van der Waals surface area contributed by atoms with E-state index in [0.29, 0.717) is 6.61 Å². The van der Waals surface area contributed by atoms with Gasteiger partial charge in [0.05, 0.1) is 13.2 Å². The van der Waals surface area contributed by atoms with Gasteiger partial charge >= 0.3 is 5.97 Å². The van der Waals surface area contributed by atoms with Crippen LogP contribution in [0.1, 0.15) is 26.3 Å². The van der Waals surface area contributed by atoms with E-state index in [-0.39, 0.29) is 12.6 Å². The maximum absolute atomic E-state index is 11.2. The molecule has 2 saturated heterocycles. The van der Waals surface area contributed by atoms with E-state index < -0.39 is 30.4 Å². The van der Waals surface area contributed by atoms with Crippen molar-refractivity contribution in [3.63, 3.8) is 0 Å². The lowest BCUT2D eigenvalue weighted by atomic mass is 10.1. The normalized spacial score (nSPS) is 32.3. The summed E-state index contributed by atoms with van der Waals surface area (Å²) in [5.74, 6) is -1.13. The predicted molar refractivity (Wildman–Crippen MR) is 80.4 cm³/mol. The number of benzene rings is 1. The van der Waals surface area contributed by atoms with Gasteiger partial charge in [-0.2, -0.15) is 0 Å². The molecular weight excluding hydrogens is 300 g/mol. The molecule has 2 aliphatic rings. The Bertz CT molecular complexity index is 543. The highest BCUT2D eigenvalue weighted by Crippen LogP contribution is 2.37. The zero-order chi connectivity index (χ0) is 16.4. The zero-order valence-electron chi connectivity index (χ0n) is 13.6. The fraction of sp³-hybridized carbons (Fsp3) is 0.588. The highest BCUT2D eigenvalue weighted by Gasteiger charge is 2.53. The number of fused-ring (bicyclic) bond motifs is 1. The van der Waals surface area contributed by atoms with E-state index in [0.717, 1.165) is 5.56 Å². The summed E-state index contributed by atoms with van der Waals surface area (Å²) in [7, 11) is 0. The molecule has 3 rings (SSSR count). The maximum Gasteiger partial charge on any atom is 0.303 e. The second-order valence-electron chi connectivity index (χ2n) is 6.21. The third-order valence-corrected chi connectivity index (χ3v) is 3.80. The van der Waals surface area contributed by atoms with Crippen molar-refractivity contribution < 1.29 is 28.5 Å². The van der Waals surface area contributed by atoms with Gasteiger partial charge in [-0.1, -0.05) is 30.3 Å². The van der Waals surface area contributed by atoms with E-state index in [9.17, 15) is 4.79 Å². The number of carbonyl (C=O) groups excluding carboxylic acids is 1. The SMILES string of the molecule is CC(=O)O[C@H]1CO[C@@H](OCc2ccccc2)[C@@H]2OC(C)(C)O[C@H]21. The van der Waals surface area contributed by atoms with Gasteiger partial charge in [-0.05, 0) is 19.4 Å². The van der Waals surface area contributed by atoms with Gasteiger partial charge in [0, 0.05) is 6.92 Å². The number of esters is 1. The Morgan fingerprint density at radius 2 is 1.91 bits per heavy atom. The molecule has 23 heavy (non-hydrogen) atoms. The van der Waals surface area contributed by atoms with Gasteiger partial charge in [0.15, 0.2) is 18.2 Å². The van der Waals surface area contributed by atoms with E-state index in [1.54, 1.807) is 0 Å². The minimum atomic E-state index is -0.768. The average Bonchev–Trinajstić information content (AvgIpc) is 2.83. The summed E-state index contributed by atoms with van der Waals surface area (Å²) in [4.78, 5) is 11.2. The maximum atomic E-state index is 11.2. The van der Waals surface area contributed by atoms with Gasteiger partial charge in [-0.15, -0.1) is 0 Å². The Balaban J connectivity index is 1.67. The summed E-state index contributed by atoms with van der Waals surface area (Å²) < 4.78 is 28.7. The summed E-state index contributed by atoms with van der Waals surface area (Å²) in [5.41, 5.74) is 1.05. The molecule has 2 heterocycles. The summed E-state index contributed by atoms with van der Waals surface area (Å²) in [6.07, 6.45) is -1.89. The predicted octanol–water partition coefficient (Wildman–Crippen LogP) is 2.01. The standard InChI is InChI=1S/C17H22O6/c1-11(18)21-13-10-20-16(15-14(13)22-17(2,3)23-15)19-9-12-7-5-4-6-8-12/h4-8,13-16H,9-10H2,1-3H3/t13-,14-,15+,16+/m0/s1. The van der Waals surface area contributed by atoms with E-state index in [1.165, 1.54) is 6.92 Å². The molecule has 1 aromatic rings. The first-order valence-electron chi connectivity index (χ1n) is 7.74. The molecule has 0 N–H and O–H groups in total. The third-order valence-electron chi connectivity index (χ3n) is 3.80. The van der Waals surface area contributed by atoms with Crippen molar-refractivity contribution in [1.29, 1.82) is 0 Å². The van der Waals surface area contributed by atoms with Gasteiger partial charge in [-0.25, -0.2) is 0 Å². The number of hydrogen-bond donors (Lipinski definition) is 0. The second-order valence-corrected chi connectivity index (χ2v) is 6.21. The summed E-state index contributed by atoms with van der Waals surface area (Å²) in [6, 6.07) is 9.84. The van der Waals surface area contributed by atoms with Crippen LogP contribution in [-0.2, 0) is 35.1 Å². The first kappa shape index (κ1) is 16.4. The van der Waals surface area contributed by atoms with Crippen LogP contribution in [0.15, 0.2) is 30.3 Å². The Kier molecular flexibility index (Phi) is 4.68. The van der Waals surface area contributed by atoms with E-state index in [1.807, 2.05) is 44.2 Å². The van der Waals surface area contributed by atoms with Gasteiger partial charge < -0.3 is 23.7 Å². The molecule has 0 spiro atoms. The minimum Gasteiger partial charge on any atom is -0.457 e. The smallest absolute Gasteiger partial charge is 0.303 e. The van der Waals surface area contributed by atoms with E-state index in [2.05, 4.69) is 0 Å². The molecule has 0 saturated carbocycles. The Labute approximate surface area is 135 Å². The summed E-state index contributed by atoms with van der Waals surface area (Å²) in [6.45, 7) is 5.65. The van der Waals surface area contributed by atoms with Crippen LogP contribution < -0.4 is 0 Å². The lowest BCUT2D eigenvalue weighted by molar-refractivity contribution is -0.254. The van der Waals surface area contributed by atoms with Crippen molar-refractivity contribution >= 4 is 5.97 Å². The highest BCUT2D eigenvalue weighted by atomic mass is 16.8. The molecular formula is C17H22O6. The first-order chi connectivity index (χ1) is 10.9. The molecule has 0 radical (unpaired) electrons. The van der Waals surface area contributed by atoms with Gasteiger partial charge in [0.2, 0.25) is 0 Å². The molecule has 0 aromatic heterocycles. The van der Waals surface area contributed by atoms with Crippen molar-refractivity contribution in [3.8, 4) is 0 Å². The molecule has 6 nitrogen and oxygen atoms in total. The third kappa shape index (κ3) is 3.90. The Morgan fingerprint density at radius 1 is 1.22 bits per heavy atom. The number of carbonyl (C=O) groups is 1. The highest BCUT2D eigenvalue weighted by molar-refractivity contribution is 5.66. The number of hydrogen-bond acceptors (Lipinski definition) is 6. The molecule has 0 amide bonds. The number of rotatable bonds is 4. The molecule has 0 unspecified atom stereocenters. The average molecular weight is 322 g/mol. The van der Waals surface area contributed by atoms with Crippen LogP contribution in [0.3, 0.4) is 0 Å². The van der Waals surface area contributed by atoms with Crippen LogP contribution >= 0.6 is 0 Å². The fourth-order valence-electron chi connectivity index (χ4n) is 2.90. The van der Waals surface area contributed by atoms with Crippen molar-refractivity contribution in [2.75, 3.05) is 6.61 Å². The number of ether oxygens (including phenoxy) is 5. The molecule has 2 aliphatic heterocycles. The minimum absolute atomic E-state index is 0.222. The van der Waals surface area contributed by atoms with Crippen LogP contribution in [0.2, 0.25) is 0 Å². The molecule has 6 heteroatoms. The van der Waals surface area contributed by atoms with Gasteiger partial charge in [0.25, 0.3) is 0 Å². The quantitative estimate of drug-likeness (QED) is 0.790. The van der Waals surface area contributed by atoms with Gasteiger partial charge in [-0.3, -0.25) is 4.79 Å². The van der Waals surface area contributed by atoms with Crippen molar-refractivity contribution in [3.05, 3.63) is 35.9 Å². The van der Waals surface area contributed by atoms with E-state index >= 15 is 0 Å². The van der Waals surface area contributed by atoms with Gasteiger partial charge in [0.1, 0.15) is 12.2 Å². The van der Waals surface area contributed by atoms with Crippen molar-refractivity contribution in [1.82, 2.24) is 0 Å². The Morgan fingerprint density at radius 3 is 2.61 bits per heavy atom. The second kappa shape index (κ2) is 6.57. The fourth-order valence-corrected chi connectivity index (χ4v) is 2.90. The molecule has 126 valence electrons. The zero-order valence-corrected chi connectivity index (χ0v) is 13.6. The van der Waals surface area contributed by atoms with Crippen molar-refractivity contribution in [2.45, 2.75) is 57.8 Å². The van der Waals surface area contributed by atoms with Crippen LogP contribution in [-0.4, -0.2) is 43.0 Å².